The molecule has 116 valence electrons. The summed E-state index contributed by atoms with van der Waals surface area (Å²) in [6, 6.07) is 9.14. The molecule has 2 fully saturated rings. The summed E-state index contributed by atoms with van der Waals surface area (Å²) in [5.74, 6) is 3.99. The maximum atomic E-state index is 5.78. The Balaban J connectivity index is 1.65. The molecule has 0 amide bonds. The lowest BCUT2D eigenvalue weighted by Gasteiger charge is -2.27. The summed E-state index contributed by atoms with van der Waals surface area (Å²) < 4.78 is 5.78. The smallest absolute Gasteiger partial charge is 0.119 e. The molecule has 2 saturated carbocycles. The van der Waals surface area contributed by atoms with Crippen LogP contribution in [0.5, 0.6) is 5.75 Å². The molecule has 2 nitrogen and oxygen atoms in total. The zero-order valence-electron chi connectivity index (χ0n) is 13.5. The molecular weight excluding hydrogens is 258 g/mol. The van der Waals surface area contributed by atoms with Crippen LogP contribution in [0.2, 0.25) is 0 Å². The second-order valence-electron chi connectivity index (χ2n) is 6.93. The highest BCUT2D eigenvalue weighted by Gasteiger charge is 2.40. The van der Waals surface area contributed by atoms with Crippen LogP contribution in [-0.4, -0.2) is 13.7 Å². The topological polar surface area (TPSA) is 21.3 Å². The van der Waals surface area contributed by atoms with Crippen molar-refractivity contribution in [1.82, 2.24) is 5.32 Å². The van der Waals surface area contributed by atoms with E-state index in [1.54, 1.807) is 0 Å². The third-order valence-corrected chi connectivity index (χ3v) is 5.50. The number of ether oxygens (including phenoxy) is 1. The van der Waals surface area contributed by atoms with Crippen LogP contribution in [0, 0.1) is 17.8 Å². The summed E-state index contributed by atoms with van der Waals surface area (Å²) in [5.41, 5.74) is 1.38. The Labute approximate surface area is 129 Å². The first kappa shape index (κ1) is 14.9. The monoisotopic (exact) mass is 287 g/mol. The van der Waals surface area contributed by atoms with Crippen molar-refractivity contribution < 1.29 is 4.74 Å². The highest BCUT2D eigenvalue weighted by Crippen LogP contribution is 2.50. The van der Waals surface area contributed by atoms with Gasteiger partial charge in [-0.25, -0.2) is 0 Å². The lowest BCUT2D eigenvalue weighted by molar-refractivity contribution is 0.283. The van der Waals surface area contributed by atoms with Crippen LogP contribution in [-0.2, 0) is 0 Å². The number of rotatable bonds is 7. The third-order valence-electron chi connectivity index (χ3n) is 5.50. The molecule has 0 saturated heterocycles. The van der Waals surface area contributed by atoms with Crippen LogP contribution < -0.4 is 10.1 Å². The Hall–Kier alpha value is -1.02. The molecule has 0 aliphatic heterocycles. The minimum Gasteiger partial charge on any atom is -0.494 e. The van der Waals surface area contributed by atoms with Gasteiger partial charge in [-0.05, 0) is 74.6 Å². The van der Waals surface area contributed by atoms with Crippen molar-refractivity contribution >= 4 is 0 Å². The van der Waals surface area contributed by atoms with Gasteiger partial charge < -0.3 is 10.1 Å². The second kappa shape index (κ2) is 6.83. The number of hydrogen-bond acceptors (Lipinski definition) is 2. The molecule has 2 aliphatic rings. The first-order chi connectivity index (χ1) is 10.3. The minimum atomic E-state index is 0.472. The van der Waals surface area contributed by atoms with Crippen LogP contribution >= 0.6 is 0 Å². The molecule has 0 heterocycles. The summed E-state index contributed by atoms with van der Waals surface area (Å²) in [4.78, 5) is 0. The molecule has 0 radical (unpaired) electrons. The van der Waals surface area contributed by atoms with Crippen LogP contribution in [0.1, 0.15) is 57.1 Å². The number of hydrogen-bond donors (Lipinski definition) is 1. The van der Waals surface area contributed by atoms with E-state index in [1.165, 1.54) is 37.7 Å². The number of nitrogens with one attached hydrogen (secondary N) is 1. The molecule has 1 aromatic carbocycles. The Bertz CT molecular complexity index is 459. The molecule has 1 aromatic rings. The van der Waals surface area contributed by atoms with Crippen molar-refractivity contribution in [3.8, 4) is 5.75 Å². The van der Waals surface area contributed by atoms with Gasteiger partial charge in [-0.2, -0.15) is 0 Å². The van der Waals surface area contributed by atoms with E-state index in [0.29, 0.717) is 6.04 Å². The van der Waals surface area contributed by atoms with Gasteiger partial charge in [0.05, 0.1) is 6.61 Å². The SMILES string of the molecule is CCCOc1cccc(C(CC2CC3CCC2C3)NC)c1. The predicted octanol–water partition coefficient (Wildman–Crippen LogP) is 4.56. The van der Waals surface area contributed by atoms with E-state index in [4.69, 9.17) is 4.74 Å². The average Bonchev–Trinajstić information content (AvgIpc) is 3.13. The second-order valence-corrected chi connectivity index (χ2v) is 6.93. The first-order valence-electron chi connectivity index (χ1n) is 8.70. The van der Waals surface area contributed by atoms with E-state index in [9.17, 15) is 0 Å². The summed E-state index contributed by atoms with van der Waals surface area (Å²) in [6.45, 7) is 2.95. The lowest BCUT2D eigenvalue weighted by atomic mass is 9.83. The van der Waals surface area contributed by atoms with E-state index in [1.807, 2.05) is 0 Å². The van der Waals surface area contributed by atoms with Gasteiger partial charge in [0.2, 0.25) is 0 Å². The number of fused-ring (bicyclic) bond motifs is 2. The molecule has 1 N–H and O–H groups in total. The molecule has 4 unspecified atom stereocenters. The number of benzene rings is 1. The quantitative estimate of drug-likeness (QED) is 0.793. The van der Waals surface area contributed by atoms with E-state index in [2.05, 4.69) is 43.6 Å². The molecule has 3 rings (SSSR count). The zero-order valence-corrected chi connectivity index (χ0v) is 13.5. The van der Waals surface area contributed by atoms with Gasteiger partial charge in [-0.15, -0.1) is 0 Å². The fourth-order valence-corrected chi connectivity index (χ4v) is 4.43. The standard InChI is InChI=1S/C19H29NO/c1-3-9-21-18-6-4-5-16(12-18)19(20-2)13-17-11-14-7-8-15(17)10-14/h4-6,12,14-15,17,19-20H,3,7-11,13H2,1-2H3. The largest absolute Gasteiger partial charge is 0.494 e. The normalized spacial score (nSPS) is 28.8. The van der Waals surface area contributed by atoms with Gasteiger partial charge in [-0.1, -0.05) is 25.5 Å². The zero-order chi connectivity index (χ0) is 14.7. The molecule has 2 heteroatoms. The maximum Gasteiger partial charge on any atom is 0.119 e. The summed E-state index contributed by atoms with van der Waals surface area (Å²) in [5, 5.41) is 3.53. The summed E-state index contributed by atoms with van der Waals surface area (Å²) >= 11 is 0. The molecule has 21 heavy (non-hydrogen) atoms. The maximum absolute atomic E-state index is 5.78. The predicted molar refractivity (Wildman–Crippen MR) is 87.6 cm³/mol. The van der Waals surface area contributed by atoms with Gasteiger partial charge in [0.15, 0.2) is 0 Å². The van der Waals surface area contributed by atoms with Crippen LogP contribution in [0.15, 0.2) is 24.3 Å². The van der Waals surface area contributed by atoms with E-state index >= 15 is 0 Å². The van der Waals surface area contributed by atoms with Crippen molar-refractivity contribution in [2.24, 2.45) is 17.8 Å². The van der Waals surface area contributed by atoms with Crippen molar-refractivity contribution in [2.75, 3.05) is 13.7 Å². The fraction of sp³-hybridized carbons (Fsp3) is 0.684. The van der Waals surface area contributed by atoms with Gasteiger partial charge >= 0.3 is 0 Å². The van der Waals surface area contributed by atoms with E-state index in [0.717, 1.165) is 36.5 Å². The van der Waals surface area contributed by atoms with E-state index < -0.39 is 0 Å². The van der Waals surface area contributed by atoms with Crippen molar-refractivity contribution in [2.45, 2.75) is 51.5 Å². The molecule has 2 aliphatic carbocycles. The van der Waals surface area contributed by atoms with Gasteiger partial charge in [0.25, 0.3) is 0 Å². The molecule has 2 bridgehead atoms. The van der Waals surface area contributed by atoms with Crippen molar-refractivity contribution in [1.29, 1.82) is 0 Å². The van der Waals surface area contributed by atoms with Crippen LogP contribution in [0.25, 0.3) is 0 Å². The van der Waals surface area contributed by atoms with E-state index in [-0.39, 0.29) is 0 Å². The van der Waals surface area contributed by atoms with Crippen molar-refractivity contribution in [3.63, 3.8) is 0 Å². The van der Waals surface area contributed by atoms with Gasteiger partial charge in [0, 0.05) is 6.04 Å². The Kier molecular flexibility index (Phi) is 4.84. The summed E-state index contributed by atoms with van der Waals surface area (Å²) in [7, 11) is 2.09. The molecule has 0 spiro atoms. The highest BCUT2D eigenvalue weighted by atomic mass is 16.5. The molecular formula is C19H29NO. The van der Waals surface area contributed by atoms with Gasteiger partial charge in [0.1, 0.15) is 5.75 Å². The molecule has 4 atom stereocenters. The highest BCUT2D eigenvalue weighted by molar-refractivity contribution is 5.30. The third kappa shape index (κ3) is 3.42. The molecule has 0 aromatic heterocycles. The Morgan fingerprint density at radius 2 is 2.19 bits per heavy atom. The fourth-order valence-electron chi connectivity index (χ4n) is 4.43. The van der Waals surface area contributed by atoms with Gasteiger partial charge in [-0.3, -0.25) is 0 Å². The Morgan fingerprint density at radius 3 is 2.86 bits per heavy atom. The first-order valence-corrected chi connectivity index (χ1v) is 8.70. The van der Waals surface area contributed by atoms with Crippen LogP contribution in [0.3, 0.4) is 0 Å². The lowest BCUT2D eigenvalue weighted by Crippen LogP contribution is -2.22. The minimum absolute atomic E-state index is 0.472. The Morgan fingerprint density at radius 1 is 1.29 bits per heavy atom. The van der Waals surface area contributed by atoms with Crippen LogP contribution in [0.4, 0.5) is 0 Å². The summed E-state index contributed by atoms with van der Waals surface area (Å²) in [6.07, 6.45) is 8.28. The van der Waals surface area contributed by atoms with Crippen molar-refractivity contribution in [3.05, 3.63) is 29.8 Å². The average molecular weight is 287 g/mol.